The van der Waals surface area contributed by atoms with Gasteiger partial charge in [-0.25, -0.2) is 0 Å². The molecule has 25 heavy (non-hydrogen) atoms. The average Bonchev–Trinajstić information content (AvgIpc) is 2.57. The summed E-state index contributed by atoms with van der Waals surface area (Å²) in [6.07, 6.45) is 17.7. The molecular formula is C20H34MnO4-2. The van der Waals surface area contributed by atoms with Crippen molar-refractivity contribution in [1.29, 1.82) is 0 Å². The fourth-order valence-corrected chi connectivity index (χ4v) is 4.02. The van der Waals surface area contributed by atoms with E-state index >= 15 is 0 Å². The van der Waals surface area contributed by atoms with E-state index in [1.165, 1.54) is 64.2 Å². The molecule has 0 aromatic rings. The van der Waals surface area contributed by atoms with E-state index in [1.807, 2.05) is 0 Å². The zero-order valence-corrected chi connectivity index (χ0v) is 16.7. The summed E-state index contributed by atoms with van der Waals surface area (Å²) in [5.74, 6) is -0.187. The summed E-state index contributed by atoms with van der Waals surface area (Å²) in [6.45, 7) is 0. The Hall–Kier alpha value is -0.541. The van der Waals surface area contributed by atoms with Gasteiger partial charge in [0.2, 0.25) is 0 Å². The third-order valence-electron chi connectivity index (χ3n) is 5.44. The van der Waals surface area contributed by atoms with Crippen LogP contribution in [-0.2, 0) is 26.7 Å². The van der Waals surface area contributed by atoms with Crippen LogP contribution in [0.15, 0.2) is 0 Å². The second-order valence-corrected chi connectivity index (χ2v) is 7.54. The second-order valence-electron chi connectivity index (χ2n) is 7.54. The van der Waals surface area contributed by atoms with Crippen molar-refractivity contribution in [2.75, 3.05) is 0 Å². The van der Waals surface area contributed by atoms with Gasteiger partial charge in [0.25, 0.3) is 0 Å². The Morgan fingerprint density at radius 3 is 1.24 bits per heavy atom. The van der Waals surface area contributed by atoms with Gasteiger partial charge in [0.05, 0.1) is 0 Å². The van der Waals surface area contributed by atoms with Crippen molar-refractivity contribution >= 4 is 11.9 Å². The number of rotatable bonds is 8. The van der Waals surface area contributed by atoms with E-state index in [4.69, 9.17) is 0 Å². The van der Waals surface area contributed by atoms with E-state index in [1.54, 1.807) is 0 Å². The monoisotopic (exact) mass is 393 g/mol. The minimum atomic E-state index is -0.897. The van der Waals surface area contributed by atoms with Gasteiger partial charge in [-0.2, -0.15) is 0 Å². The van der Waals surface area contributed by atoms with E-state index < -0.39 is 11.9 Å². The molecule has 0 spiro atoms. The van der Waals surface area contributed by atoms with Crippen molar-refractivity contribution in [2.24, 2.45) is 11.8 Å². The fraction of sp³-hybridized carbons (Fsp3) is 0.900. The summed E-state index contributed by atoms with van der Waals surface area (Å²) in [7, 11) is 0. The number of carboxylic acid groups (broad SMARTS) is 2. The smallest absolute Gasteiger partial charge is 0.0414 e. The number of carbonyl (C=O) groups is 2. The molecule has 2 rings (SSSR count). The number of carbonyl (C=O) groups excluding carboxylic acids is 2. The summed E-state index contributed by atoms with van der Waals surface area (Å²) in [5.41, 5.74) is 0. The molecule has 0 aromatic carbocycles. The molecule has 0 amide bonds. The van der Waals surface area contributed by atoms with E-state index in [0.717, 1.165) is 37.5 Å². The Labute approximate surface area is 163 Å². The molecule has 0 aliphatic heterocycles. The van der Waals surface area contributed by atoms with Gasteiger partial charge in [0, 0.05) is 29.0 Å². The van der Waals surface area contributed by atoms with Gasteiger partial charge < -0.3 is 19.8 Å². The quantitative estimate of drug-likeness (QED) is 0.594. The van der Waals surface area contributed by atoms with Crippen LogP contribution in [0.4, 0.5) is 0 Å². The van der Waals surface area contributed by atoms with Crippen molar-refractivity contribution in [3.8, 4) is 0 Å². The molecule has 0 heterocycles. The SMILES string of the molecule is O=C([O-])CCCC1CCCCC1.O=C([O-])CCCC1CCCCC1.[Mn]. The van der Waals surface area contributed by atoms with Crippen LogP contribution in [0.1, 0.15) is 103 Å². The van der Waals surface area contributed by atoms with Crippen LogP contribution >= 0.6 is 0 Å². The summed E-state index contributed by atoms with van der Waals surface area (Å²) < 4.78 is 0. The summed E-state index contributed by atoms with van der Waals surface area (Å²) >= 11 is 0. The van der Waals surface area contributed by atoms with E-state index in [2.05, 4.69) is 0 Å². The number of carboxylic acids is 2. The van der Waals surface area contributed by atoms with Gasteiger partial charge in [-0.15, -0.1) is 0 Å². The molecule has 0 aromatic heterocycles. The maximum atomic E-state index is 10.1. The van der Waals surface area contributed by atoms with Crippen molar-refractivity contribution < 1.29 is 36.9 Å². The Morgan fingerprint density at radius 1 is 0.640 bits per heavy atom. The van der Waals surface area contributed by atoms with Crippen LogP contribution in [0.3, 0.4) is 0 Å². The van der Waals surface area contributed by atoms with Crippen molar-refractivity contribution in [1.82, 2.24) is 0 Å². The maximum Gasteiger partial charge on any atom is 0.0414 e. The van der Waals surface area contributed by atoms with Gasteiger partial charge in [-0.3, -0.25) is 0 Å². The first-order chi connectivity index (χ1) is 11.6. The molecule has 2 saturated carbocycles. The van der Waals surface area contributed by atoms with E-state index in [9.17, 15) is 19.8 Å². The number of aliphatic carboxylic acids is 2. The molecule has 0 saturated heterocycles. The van der Waals surface area contributed by atoms with Crippen LogP contribution in [0.25, 0.3) is 0 Å². The van der Waals surface area contributed by atoms with Crippen LogP contribution in [0.5, 0.6) is 0 Å². The van der Waals surface area contributed by atoms with Gasteiger partial charge in [-0.05, 0) is 37.5 Å². The minimum Gasteiger partial charge on any atom is -0.550 e. The standard InChI is InChI=1S/2C10H18O2.Mn/c2*11-10(12)8-4-7-9-5-2-1-3-6-9;/h2*9H,1-8H2,(H,11,12);/p-2. The zero-order valence-electron chi connectivity index (χ0n) is 15.5. The van der Waals surface area contributed by atoms with Crippen LogP contribution < -0.4 is 10.2 Å². The van der Waals surface area contributed by atoms with Crippen LogP contribution in [-0.4, -0.2) is 11.9 Å². The molecule has 1 radical (unpaired) electrons. The third-order valence-corrected chi connectivity index (χ3v) is 5.44. The first-order valence-electron chi connectivity index (χ1n) is 9.97. The summed E-state index contributed by atoms with van der Waals surface area (Å²) in [5, 5.41) is 20.3. The third kappa shape index (κ3) is 14.3. The molecule has 0 N–H and O–H groups in total. The number of hydrogen-bond donors (Lipinski definition) is 0. The second kappa shape index (κ2) is 15.7. The molecule has 2 aliphatic rings. The molecule has 4 nitrogen and oxygen atoms in total. The first kappa shape index (κ1) is 24.5. The minimum absolute atomic E-state index is 0. The maximum absolute atomic E-state index is 10.1. The Morgan fingerprint density at radius 2 is 0.960 bits per heavy atom. The van der Waals surface area contributed by atoms with Crippen molar-refractivity contribution in [2.45, 2.75) is 103 Å². The number of hydrogen-bond acceptors (Lipinski definition) is 4. The molecule has 2 fully saturated rings. The van der Waals surface area contributed by atoms with Crippen molar-refractivity contribution in [3.05, 3.63) is 0 Å². The summed E-state index contributed by atoms with van der Waals surface area (Å²) in [4.78, 5) is 20.3. The van der Waals surface area contributed by atoms with Crippen LogP contribution in [0.2, 0.25) is 0 Å². The first-order valence-corrected chi connectivity index (χ1v) is 9.97. The molecular weight excluding hydrogens is 359 g/mol. The molecule has 2 aliphatic carbocycles. The molecule has 147 valence electrons. The normalized spacial score (nSPS) is 18.6. The summed E-state index contributed by atoms with van der Waals surface area (Å²) in [6, 6.07) is 0. The Kier molecular flexibility index (Phi) is 15.4. The zero-order chi connectivity index (χ0) is 17.6. The fourth-order valence-electron chi connectivity index (χ4n) is 4.02. The Bertz CT molecular complexity index is 314. The molecule has 5 heteroatoms. The van der Waals surface area contributed by atoms with Crippen LogP contribution in [0, 0.1) is 11.8 Å². The predicted molar refractivity (Wildman–Crippen MR) is 90.9 cm³/mol. The van der Waals surface area contributed by atoms with E-state index in [-0.39, 0.29) is 29.9 Å². The van der Waals surface area contributed by atoms with Crippen molar-refractivity contribution in [3.63, 3.8) is 0 Å². The van der Waals surface area contributed by atoms with Gasteiger partial charge >= 0.3 is 0 Å². The largest absolute Gasteiger partial charge is 0.550 e. The van der Waals surface area contributed by atoms with E-state index in [0.29, 0.717) is 0 Å². The van der Waals surface area contributed by atoms with Gasteiger partial charge in [0.15, 0.2) is 0 Å². The Balaban J connectivity index is 0.000000443. The average molecular weight is 393 g/mol. The topological polar surface area (TPSA) is 80.3 Å². The predicted octanol–water partition coefficient (Wildman–Crippen LogP) is 2.97. The van der Waals surface area contributed by atoms with Gasteiger partial charge in [-0.1, -0.05) is 77.0 Å². The molecule has 0 unspecified atom stereocenters. The van der Waals surface area contributed by atoms with Gasteiger partial charge in [0.1, 0.15) is 0 Å². The molecule has 0 bridgehead atoms. The molecule has 0 atom stereocenters.